The molecule has 1 aromatic heterocycles. The molecule has 0 unspecified atom stereocenters. The Labute approximate surface area is 178 Å². The lowest BCUT2D eigenvalue weighted by Gasteiger charge is -2.36. The first-order valence-corrected chi connectivity index (χ1v) is 11.3. The van der Waals surface area contributed by atoms with Gasteiger partial charge in [0.2, 0.25) is 0 Å². The van der Waals surface area contributed by atoms with Crippen molar-refractivity contribution >= 4 is 10.9 Å². The maximum Gasteiger partial charge on any atom is 0.0459 e. The fourth-order valence-electron chi connectivity index (χ4n) is 5.98. The van der Waals surface area contributed by atoms with Gasteiger partial charge in [0, 0.05) is 41.0 Å². The zero-order chi connectivity index (χ0) is 19.9. The van der Waals surface area contributed by atoms with Crippen molar-refractivity contribution in [1.29, 1.82) is 0 Å². The van der Waals surface area contributed by atoms with Gasteiger partial charge in [0.05, 0.1) is 0 Å². The van der Waals surface area contributed by atoms with Crippen LogP contribution in [0.15, 0.2) is 84.9 Å². The molecule has 2 heteroatoms. The predicted molar refractivity (Wildman–Crippen MR) is 124 cm³/mol. The van der Waals surface area contributed by atoms with Gasteiger partial charge in [0.1, 0.15) is 0 Å². The Morgan fingerprint density at radius 3 is 2.20 bits per heavy atom. The minimum atomic E-state index is 0.455. The van der Waals surface area contributed by atoms with Crippen LogP contribution >= 0.6 is 0 Å². The number of hydrogen-bond donors (Lipinski definition) is 1. The van der Waals surface area contributed by atoms with Crippen LogP contribution in [0.5, 0.6) is 0 Å². The molecule has 2 bridgehead atoms. The lowest BCUT2D eigenvalue weighted by molar-refractivity contribution is 0.173. The van der Waals surface area contributed by atoms with Crippen LogP contribution in [0.25, 0.3) is 10.9 Å². The van der Waals surface area contributed by atoms with E-state index in [2.05, 4.69) is 94.8 Å². The second-order valence-corrected chi connectivity index (χ2v) is 8.91. The van der Waals surface area contributed by atoms with E-state index in [9.17, 15) is 0 Å². The number of H-pyrrole nitrogens is 1. The number of nitrogens with zero attached hydrogens (tertiary/aromatic N) is 1. The molecule has 1 fully saturated rings. The first-order valence-electron chi connectivity index (χ1n) is 11.3. The van der Waals surface area contributed by atoms with Gasteiger partial charge in [-0.1, -0.05) is 78.9 Å². The Hall–Kier alpha value is -2.84. The topological polar surface area (TPSA) is 19.0 Å². The first kappa shape index (κ1) is 18.0. The number of benzene rings is 3. The molecule has 0 aliphatic carbocycles. The molecule has 4 aromatic rings. The summed E-state index contributed by atoms with van der Waals surface area (Å²) >= 11 is 0. The highest BCUT2D eigenvalue weighted by molar-refractivity contribution is 5.85. The molecule has 30 heavy (non-hydrogen) atoms. The fraction of sp³-hybridized carbons (Fsp3) is 0.286. The number of aromatic amines is 1. The van der Waals surface area contributed by atoms with Crippen molar-refractivity contribution in [2.75, 3.05) is 6.54 Å². The summed E-state index contributed by atoms with van der Waals surface area (Å²) in [4.78, 5) is 6.55. The third kappa shape index (κ3) is 2.98. The quantitative estimate of drug-likeness (QED) is 0.413. The number of aromatic nitrogens is 1. The molecule has 2 aliphatic rings. The van der Waals surface area contributed by atoms with Crippen LogP contribution in [0.3, 0.4) is 0 Å². The van der Waals surface area contributed by atoms with E-state index in [-0.39, 0.29) is 0 Å². The van der Waals surface area contributed by atoms with E-state index in [4.69, 9.17) is 0 Å². The summed E-state index contributed by atoms with van der Waals surface area (Å²) in [6.45, 7) is 1.16. The number of hydrogen-bond acceptors (Lipinski definition) is 1. The molecule has 150 valence electrons. The van der Waals surface area contributed by atoms with Crippen molar-refractivity contribution in [3.8, 4) is 0 Å². The molecule has 2 nitrogen and oxygen atoms in total. The van der Waals surface area contributed by atoms with Crippen molar-refractivity contribution in [3.63, 3.8) is 0 Å². The van der Waals surface area contributed by atoms with Gasteiger partial charge in [-0.25, -0.2) is 0 Å². The van der Waals surface area contributed by atoms with Crippen LogP contribution in [0.2, 0.25) is 0 Å². The van der Waals surface area contributed by atoms with Crippen molar-refractivity contribution in [1.82, 2.24) is 9.88 Å². The summed E-state index contributed by atoms with van der Waals surface area (Å²) in [5, 5.41) is 1.44. The molecule has 6 rings (SSSR count). The summed E-state index contributed by atoms with van der Waals surface area (Å²) in [5.74, 6) is 0.455. The average Bonchev–Trinajstić information content (AvgIpc) is 3.31. The largest absolute Gasteiger partial charge is 0.358 e. The predicted octanol–water partition coefficient (Wildman–Crippen LogP) is 6.45. The smallest absolute Gasteiger partial charge is 0.0459 e. The molecule has 0 amide bonds. The van der Waals surface area contributed by atoms with E-state index >= 15 is 0 Å². The van der Waals surface area contributed by atoms with E-state index in [0.717, 1.165) is 6.54 Å². The summed E-state index contributed by atoms with van der Waals surface area (Å²) in [7, 11) is 0. The van der Waals surface area contributed by atoms with Gasteiger partial charge in [0.15, 0.2) is 0 Å². The Bertz CT molecular complexity index is 1110. The van der Waals surface area contributed by atoms with E-state index in [1.54, 1.807) is 5.56 Å². The first-order chi connectivity index (χ1) is 14.9. The molecule has 2 aliphatic heterocycles. The van der Waals surface area contributed by atoms with Crippen LogP contribution < -0.4 is 0 Å². The Kier molecular flexibility index (Phi) is 4.46. The van der Waals surface area contributed by atoms with Crippen LogP contribution in [0, 0.1) is 0 Å². The zero-order valence-corrected chi connectivity index (χ0v) is 17.3. The van der Waals surface area contributed by atoms with Crippen LogP contribution in [-0.4, -0.2) is 22.5 Å². The maximum absolute atomic E-state index is 3.73. The van der Waals surface area contributed by atoms with E-state index in [1.165, 1.54) is 53.4 Å². The molecule has 3 heterocycles. The number of para-hydroxylation sites is 1. The van der Waals surface area contributed by atoms with Crippen molar-refractivity contribution in [2.24, 2.45) is 0 Å². The lowest BCUT2D eigenvalue weighted by atomic mass is 9.87. The molecular weight excluding hydrogens is 364 g/mol. The van der Waals surface area contributed by atoms with Crippen LogP contribution in [-0.2, 0) is 6.42 Å². The van der Waals surface area contributed by atoms with Crippen LogP contribution in [0.4, 0.5) is 0 Å². The molecular formula is C28H28N2. The third-order valence-corrected chi connectivity index (χ3v) is 7.32. The number of fused-ring (bicyclic) bond motifs is 6. The lowest BCUT2D eigenvalue weighted by Crippen LogP contribution is -2.38. The van der Waals surface area contributed by atoms with Gasteiger partial charge in [-0.2, -0.15) is 0 Å². The van der Waals surface area contributed by atoms with Gasteiger partial charge in [-0.15, -0.1) is 0 Å². The maximum atomic E-state index is 3.73. The van der Waals surface area contributed by atoms with E-state index in [1.807, 2.05) is 0 Å². The van der Waals surface area contributed by atoms with Gasteiger partial charge >= 0.3 is 0 Å². The Morgan fingerprint density at radius 2 is 1.47 bits per heavy atom. The highest BCUT2D eigenvalue weighted by Gasteiger charge is 2.41. The molecule has 0 saturated carbocycles. The fourth-order valence-corrected chi connectivity index (χ4v) is 5.98. The van der Waals surface area contributed by atoms with E-state index in [0.29, 0.717) is 18.0 Å². The third-order valence-electron chi connectivity index (χ3n) is 7.32. The minimum Gasteiger partial charge on any atom is -0.358 e. The number of nitrogens with one attached hydrogen (secondary N) is 1. The molecule has 1 N–H and O–H groups in total. The Morgan fingerprint density at radius 1 is 0.800 bits per heavy atom. The number of rotatable bonds is 5. The van der Waals surface area contributed by atoms with Crippen molar-refractivity contribution in [2.45, 2.75) is 43.7 Å². The summed E-state index contributed by atoms with van der Waals surface area (Å²) < 4.78 is 0. The summed E-state index contributed by atoms with van der Waals surface area (Å²) in [5.41, 5.74) is 7.24. The normalized spacial score (nSPS) is 20.7. The molecule has 3 aromatic carbocycles. The second-order valence-electron chi connectivity index (χ2n) is 8.91. The average molecular weight is 393 g/mol. The monoisotopic (exact) mass is 392 g/mol. The summed E-state index contributed by atoms with van der Waals surface area (Å²) in [6, 6.07) is 32.2. The van der Waals surface area contributed by atoms with Crippen LogP contribution in [0.1, 0.15) is 53.6 Å². The minimum absolute atomic E-state index is 0.455. The van der Waals surface area contributed by atoms with Crippen molar-refractivity contribution < 1.29 is 0 Å². The molecule has 2 atom stereocenters. The highest BCUT2D eigenvalue weighted by atomic mass is 15.2. The summed E-state index contributed by atoms with van der Waals surface area (Å²) in [6.07, 6.45) is 4.95. The van der Waals surface area contributed by atoms with Gasteiger partial charge < -0.3 is 4.98 Å². The SMILES string of the molecule is c1ccc(C(CCN2[C@H]3CC[C@@H]2c2c([nH]c4ccccc24)C3)c2ccccc2)cc1. The Balaban J connectivity index is 1.30. The van der Waals surface area contributed by atoms with Gasteiger partial charge in [0.25, 0.3) is 0 Å². The van der Waals surface area contributed by atoms with E-state index < -0.39 is 0 Å². The van der Waals surface area contributed by atoms with Crippen molar-refractivity contribution in [3.05, 3.63) is 107 Å². The highest BCUT2D eigenvalue weighted by Crippen LogP contribution is 2.47. The molecule has 1 saturated heterocycles. The zero-order valence-electron chi connectivity index (χ0n) is 17.3. The standard InChI is InChI=1S/C28H28N2/c1-3-9-20(10-4-1)23(21-11-5-2-6-12-21)17-18-30-22-15-16-27(30)28-24-13-7-8-14-25(24)29-26(28)19-22/h1-14,22-23,27,29H,15-19H2/t22-,27+/m0/s1. The van der Waals surface area contributed by atoms with Gasteiger partial charge in [-0.3, -0.25) is 4.90 Å². The molecule has 0 radical (unpaired) electrons. The van der Waals surface area contributed by atoms with Gasteiger partial charge in [-0.05, 0) is 48.6 Å². The molecule has 0 spiro atoms. The second kappa shape index (κ2) is 7.45.